The van der Waals surface area contributed by atoms with Crippen LogP contribution in [0.25, 0.3) is 27.4 Å². The number of pyridine rings is 1. The molecule has 6 aromatic rings. The summed E-state index contributed by atoms with van der Waals surface area (Å²) in [6.07, 6.45) is 6.53. The van der Waals surface area contributed by atoms with Crippen molar-refractivity contribution in [3.8, 4) is 11.1 Å². The van der Waals surface area contributed by atoms with Crippen molar-refractivity contribution in [1.82, 2.24) is 14.1 Å². The maximum absolute atomic E-state index is 13.8. The zero-order chi connectivity index (χ0) is 26.9. The number of carbonyl (C=O) groups is 2. The molecule has 0 radical (unpaired) electrons. The normalized spacial score (nSPS) is 12.0. The van der Waals surface area contributed by atoms with Gasteiger partial charge in [-0.15, -0.1) is 0 Å². The number of carboxylic acid groups (broad SMARTS) is 1. The van der Waals surface area contributed by atoms with Gasteiger partial charge in [-0.1, -0.05) is 54.6 Å². The molecule has 1 atom stereocenters. The predicted molar refractivity (Wildman–Crippen MR) is 155 cm³/mol. The predicted octanol–water partition coefficient (Wildman–Crippen LogP) is 7.00. The Kier molecular flexibility index (Phi) is 6.42. The SMILES string of the molecule is C[C@H](NC(=O)c1cc(-c2cnsc2)cn2ccc(Cc3ccc4ccccc4c3)c12)c1ccc(C(=O)O)cc1. The number of carboxylic acids is 1. The fraction of sp³-hybridized carbons (Fsp3) is 0.0938. The van der Waals surface area contributed by atoms with Crippen LogP contribution in [0.1, 0.15) is 50.4 Å². The monoisotopic (exact) mass is 531 g/mol. The lowest BCUT2D eigenvalue weighted by Gasteiger charge is -2.17. The number of fused-ring (bicyclic) bond motifs is 2. The lowest BCUT2D eigenvalue weighted by atomic mass is 9.99. The summed E-state index contributed by atoms with van der Waals surface area (Å²) in [6.45, 7) is 1.89. The summed E-state index contributed by atoms with van der Waals surface area (Å²) in [5, 5.41) is 16.7. The van der Waals surface area contributed by atoms with Gasteiger partial charge in [0.05, 0.1) is 22.7 Å². The molecule has 0 fully saturated rings. The van der Waals surface area contributed by atoms with E-state index in [1.165, 1.54) is 27.9 Å². The van der Waals surface area contributed by atoms with E-state index in [0.717, 1.165) is 27.8 Å². The first-order valence-electron chi connectivity index (χ1n) is 12.6. The molecule has 39 heavy (non-hydrogen) atoms. The number of rotatable bonds is 7. The van der Waals surface area contributed by atoms with E-state index in [-0.39, 0.29) is 17.5 Å². The maximum atomic E-state index is 13.8. The van der Waals surface area contributed by atoms with Crippen LogP contribution in [0.15, 0.2) is 103 Å². The average Bonchev–Trinajstić information content (AvgIpc) is 3.63. The molecule has 2 N–H and O–H groups in total. The highest BCUT2D eigenvalue weighted by Crippen LogP contribution is 2.29. The smallest absolute Gasteiger partial charge is 0.335 e. The van der Waals surface area contributed by atoms with Crippen molar-refractivity contribution in [1.29, 1.82) is 0 Å². The second-order valence-electron chi connectivity index (χ2n) is 9.63. The Hall–Kier alpha value is -4.75. The highest BCUT2D eigenvalue weighted by Gasteiger charge is 2.19. The summed E-state index contributed by atoms with van der Waals surface area (Å²) in [7, 11) is 0. The third-order valence-electron chi connectivity index (χ3n) is 7.06. The number of aromatic nitrogens is 2. The summed E-state index contributed by atoms with van der Waals surface area (Å²) in [4.78, 5) is 25.0. The zero-order valence-corrected chi connectivity index (χ0v) is 22.0. The molecule has 3 heterocycles. The Labute approximate surface area is 229 Å². The van der Waals surface area contributed by atoms with E-state index in [9.17, 15) is 14.7 Å². The molecule has 0 aliphatic carbocycles. The van der Waals surface area contributed by atoms with Crippen LogP contribution in [0.4, 0.5) is 0 Å². The second kappa shape index (κ2) is 10.2. The molecule has 0 bridgehead atoms. The zero-order valence-electron chi connectivity index (χ0n) is 21.2. The van der Waals surface area contributed by atoms with E-state index in [4.69, 9.17) is 0 Å². The Morgan fingerprint density at radius 3 is 2.51 bits per heavy atom. The van der Waals surface area contributed by atoms with Gasteiger partial charge in [-0.05, 0) is 76.6 Å². The molecule has 3 aromatic carbocycles. The van der Waals surface area contributed by atoms with Gasteiger partial charge in [0.25, 0.3) is 5.91 Å². The molecule has 0 saturated heterocycles. The van der Waals surface area contributed by atoms with Crippen molar-refractivity contribution >= 4 is 39.7 Å². The fourth-order valence-corrected chi connectivity index (χ4v) is 5.53. The Morgan fingerprint density at radius 2 is 1.77 bits per heavy atom. The number of aromatic carboxylic acids is 1. The molecule has 6 rings (SSSR count). The molecule has 0 aliphatic rings. The van der Waals surface area contributed by atoms with Crippen molar-refractivity contribution in [2.24, 2.45) is 0 Å². The molecule has 3 aromatic heterocycles. The van der Waals surface area contributed by atoms with Crippen LogP contribution in [0.5, 0.6) is 0 Å². The molecule has 1 amide bonds. The topological polar surface area (TPSA) is 83.7 Å². The van der Waals surface area contributed by atoms with Gasteiger partial charge in [-0.2, -0.15) is 0 Å². The fourth-order valence-electron chi connectivity index (χ4n) is 4.98. The van der Waals surface area contributed by atoms with Crippen LogP contribution in [0.2, 0.25) is 0 Å². The average molecular weight is 532 g/mol. The Bertz CT molecular complexity index is 1820. The minimum absolute atomic E-state index is 0.196. The summed E-state index contributed by atoms with van der Waals surface area (Å²) in [5.41, 5.74) is 6.58. The maximum Gasteiger partial charge on any atom is 0.335 e. The minimum atomic E-state index is -0.979. The molecular formula is C32H25N3O3S. The minimum Gasteiger partial charge on any atom is -0.478 e. The largest absolute Gasteiger partial charge is 0.478 e. The number of carbonyl (C=O) groups excluding carboxylic acids is 1. The van der Waals surface area contributed by atoms with Gasteiger partial charge in [0.1, 0.15) is 0 Å². The van der Waals surface area contributed by atoms with Gasteiger partial charge in [0.2, 0.25) is 0 Å². The third-order valence-corrected chi connectivity index (χ3v) is 7.64. The first-order chi connectivity index (χ1) is 19.0. The number of nitrogens with one attached hydrogen (secondary N) is 1. The first kappa shape index (κ1) is 24.6. The first-order valence-corrected chi connectivity index (χ1v) is 13.4. The summed E-state index contributed by atoms with van der Waals surface area (Å²) >= 11 is 1.37. The molecule has 0 unspecified atom stereocenters. The van der Waals surface area contributed by atoms with E-state index in [0.29, 0.717) is 12.0 Å². The lowest BCUT2D eigenvalue weighted by Crippen LogP contribution is -2.27. The third kappa shape index (κ3) is 4.92. The number of amides is 1. The van der Waals surface area contributed by atoms with Crippen LogP contribution >= 0.6 is 11.5 Å². The van der Waals surface area contributed by atoms with Crippen molar-refractivity contribution in [3.63, 3.8) is 0 Å². The van der Waals surface area contributed by atoms with Crippen LogP contribution in [-0.4, -0.2) is 25.8 Å². The quantitative estimate of drug-likeness (QED) is 0.232. The number of hydrogen-bond acceptors (Lipinski definition) is 4. The lowest BCUT2D eigenvalue weighted by molar-refractivity contribution is 0.0696. The van der Waals surface area contributed by atoms with E-state index in [1.54, 1.807) is 30.5 Å². The highest BCUT2D eigenvalue weighted by molar-refractivity contribution is 7.03. The van der Waals surface area contributed by atoms with Crippen LogP contribution < -0.4 is 5.32 Å². The Balaban J connectivity index is 1.38. The van der Waals surface area contributed by atoms with Crippen molar-refractivity contribution < 1.29 is 14.7 Å². The summed E-state index contributed by atoms with van der Waals surface area (Å²) in [5.74, 6) is -1.18. The van der Waals surface area contributed by atoms with Crippen LogP contribution in [-0.2, 0) is 6.42 Å². The summed E-state index contributed by atoms with van der Waals surface area (Å²) in [6, 6.07) is 25.0. The standard InChI is InChI=1S/C32H25N3O3S/c1-20(22-8-10-24(11-9-22)32(37)38)34-31(36)29-16-27(28-17-33-39-19-28)18-35-13-12-26(30(29)35)15-21-6-7-23-4-2-3-5-25(23)14-21/h2-14,16-20H,15H2,1H3,(H,34,36)(H,37,38)/t20-/m0/s1. The molecule has 7 heteroatoms. The molecular weight excluding hydrogens is 506 g/mol. The van der Waals surface area contributed by atoms with E-state index in [1.807, 2.05) is 47.3 Å². The molecule has 0 spiro atoms. The second-order valence-corrected chi connectivity index (χ2v) is 10.3. The number of nitrogens with zero attached hydrogens (tertiary/aromatic N) is 2. The van der Waals surface area contributed by atoms with Gasteiger partial charge < -0.3 is 14.8 Å². The van der Waals surface area contributed by atoms with Crippen LogP contribution in [0.3, 0.4) is 0 Å². The van der Waals surface area contributed by atoms with Gasteiger partial charge in [0, 0.05) is 35.1 Å². The van der Waals surface area contributed by atoms with Crippen molar-refractivity contribution in [2.45, 2.75) is 19.4 Å². The molecule has 6 nitrogen and oxygen atoms in total. The van der Waals surface area contributed by atoms with Gasteiger partial charge >= 0.3 is 5.97 Å². The van der Waals surface area contributed by atoms with E-state index in [2.05, 4.69) is 46.1 Å². The highest BCUT2D eigenvalue weighted by atomic mass is 32.1. The summed E-state index contributed by atoms with van der Waals surface area (Å²) < 4.78 is 6.26. The number of benzene rings is 3. The van der Waals surface area contributed by atoms with Gasteiger partial charge in [-0.3, -0.25) is 4.79 Å². The molecule has 0 aliphatic heterocycles. The van der Waals surface area contributed by atoms with Gasteiger partial charge in [-0.25, -0.2) is 9.17 Å². The van der Waals surface area contributed by atoms with Crippen molar-refractivity contribution in [2.75, 3.05) is 0 Å². The molecule has 0 saturated carbocycles. The van der Waals surface area contributed by atoms with Crippen molar-refractivity contribution in [3.05, 3.63) is 131 Å². The van der Waals surface area contributed by atoms with Gasteiger partial charge in [0.15, 0.2) is 0 Å². The van der Waals surface area contributed by atoms with E-state index < -0.39 is 5.97 Å². The Morgan fingerprint density at radius 1 is 0.974 bits per heavy atom. The number of hydrogen-bond donors (Lipinski definition) is 2. The molecule has 192 valence electrons. The van der Waals surface area contributed by atoms with Crippen LogP contribution in [0, 0.1) is 0 Å². The van der Waals surface area contributed by atoms with E-state index >= 15 is 0 Å².